The molecule has 0 atom stereocenters. The number of carbonyl (C=O) groups excluding carboxylic acids is 2. The van der Waals surface area contributed by atoms with Crippen molar-refractivity contribution in [3.63, 3.8) is 0 Å². The zero-order chi connectivity index (χ0) is 23.5. The van der Waals surface area contributed by atoms with Crippen LogP contribution in [0.3, 0.4) is 0 Å². The Balaban J connectivity index is 1.91. The number of benzene rings is 2. The molecule has 1 heterocycles. The lowest BCUT2D eigenvalue weighted by Crippen LogP contribution is -2.19. The van der Waals surface area contributed by atoms with Gasteiger partial charge in [0.1, 0.15) is 10.8 Å². The maximum Gasteiger partial charge on any atom is 0.341 e. The van der Waals surface area contributed by atoms with Crippen LogP contribution >= 0.6 is 11.3 Å². The number of thiophene rings is 1. The van der Waals surface area contributed by atoms with Crippen LogP contribution in [-0.4, -0.2) is 26.9 Å². The molecule has 3 rings (SSSR count). The number of amides is 1. The van der Waals surface area contributed by atoms with Crippen LogP contribution in [0.25, 0.3) is 0 Å². The second-order valence-corrected chi connectivity index (χ2v) is 9.67. The Hall–Kier alpha value is -3.24. The van der Waals surface area contributed by atoms with Crippen LogP contribution in [0.4, 0.5) is 15.1 Å². The van der Waals surface area contributed by atoms with Crippen LogP contribution in [0.15, 0.2) is 53.4 Å². The van der Waals surface area contributed by atoms with Crippen molar-refractivity contribution in [2.75, 3.05) is 16.6 Å². The van der Waals surface area contributed by atoms with Crippen LogP contribution < -0.4 is 10.0 Å². The minimum Gasteiger partial charge on any atom is -0.462 e. The summed E-state index contributed by atoms with van der Waals surface area (Å²) >= 11 is 1.23. The molecule has 0 bridgehead atoms. The van der Waals surface area contributed by atoms with Gasteiger partial charge in [0.15, 0.2) is 0 Å². The van der Waals surface area contributed by atoms with Crippen LogP contribution in [0.5, 0.6) is 0 Å². The van der Waals surface area contributed by atoms with E-state index in [9.17, 15) is 22.4 Å². The number of esters is 1. The van der Waals surface area contributed by atoms with Gasteiger partial charge in [-0.25, -0.2) is 17.6 Å². The largest absolute Gasteiger partial charge is 0.462 e. The van der Waals surface area contributed by atoms with Gasteiger partial charge in [0, 0.05) is 4.88 Å². The molecule has 0 aliphatic heterocycles. The van der Waals surface area contributed by atoms with Gasteiger partial charge in [-0.2, -0.15) is 0 Å². The number of para-hydroxylation sites is 1. The van der Waals surface area contributed by atoms with E-state index >= 15 is 0 Å². The standard InChI is InChI=1S/C22H21FN2O5S2/c1-4-30-22(27)19-13(2)14(3)31-21(19)24-20(26)17-7-5-6-8-18(17)25-32(28,29)16-11-9-15(23)10-12-16/h5-12,25H,4H2,1-3H3,(H,24,26). The zero-order valence-corrected chi connectivity index (χ0v) is 19.2. The zero-order valence-electron chi connectivity index (χ0n) is 17.6. The second-order valence-electron chi connectivity index (χ2n) is 6.77. The number of halogens is 1. The molecule has 7 nitrogen and oxygen atoms in total. The molecule has 1 aromatic heterocycles. The first kappa shape index (κ1) is 23.4. The number of hydrogen-bond donors (Lipinski definition) is 2. The lowest BCUT2D eigenvalue weighted by molar-refractivity contribution is 0.0527. The van der Waals surface area contributed by atoms with Crippen LogP contribution in [0.1, 0.15) is 38.1 Å². The smallest absolute Gasteiger partial charge is 0.341 e. The summed E-state index contributed by atoms with van der Waals surface area (Å²) in [6.07, 6.45) is 0. The Morgan fingerprint density at radius 3 is 2.38 bits per heavy atom. The predicted octanol–water partition coefficient (Wildman–Crippen LogP) is 4.73. The summed E-state index contributed by atoms with van der Waals surface area (Å²) in [5.41, 5.74) is 1.06. The molecule has 168 valence electrons. The Kier molecular flexibility index (Phi) is 6.95. The highest BCUT2D eigenvalue weighted by Crippen LogP contribution is 2.34. The van der Waals surface area contributed by atoms with Crippen molar-refractivity contribution in [3.8, 4) is 0 Å². The Morgan fingerprint density at radius 2 is 1.72 bits per heavy atom. The van der Waals surface area contributed by atoms with Gasteiger partial charge in [-0.05, 0) is 62.7 Å². The molecule has 0 fully saturated rings. The average molecular weight is 477 g/mol. The van der Waals surface area contributed by atoms with Crippen molar-refractivity contribution in [2.45, 2.75) is 25.7 Å². The summed E-state index contributed by atoms with van der Waals surface area (Å²) in [6.45, 7) is 5.46. The third-order valence-corrected chi connectivity index (χ3v) is 7.14. The third-order valence-electron chi connectivity index (χ3n) is 4.63. The van der Waals surface area contributed by atoms with Crippen molar-refractivity contribution in [2.24, 2.45) is 0 Å². The van der Waals surface area contributed by atoms with Crippen molar-refractivity contribution >= 4 is 43.9 Å². The predicted molar refractivity (Wildman–Crippen MR) is 121 cm³/mol. The molecule has 0 aliphatic rings. The summed E-state index contributed by atoms with van der Waals surface area (Å²) in [5.74, 6) is -1.72. The first-order valence-electron chi connectivity index (χ1n) is 9.60. The molecule has 0 saturated heterocycles. The van der Waals surface area contributed by atoms with E-state index in [4.69, 9.17) is 4.74 Å². The number of rotatable bonds is 7. The molecule has 10 heteroatoms. The molecule has 0 aliphatic carbocycles. The molecule has 1 amide bonds. The molecular formula is C22H21FN2O5S2. The van der Waals surface area contributed by atoms with E-state index in [1.54, 1.807) is 26.0 Å². The van der Waals surface area contributed by atoms with E-state index < -0.39 is 27.7 Å². The van der Waals surface area contributed by atoms with Gasteiger partial charge in [-0.15, -0.1) is 11.3 Å². The highest BCUT2D eigenvalue weighted by atomic mass is 32.2. The van der Waals surface area contributed by atoms with Crippen LogP contribution in [0, 0.1) is 19.7 Å². The van der Waals surface area contributed by atoms with Gasteiger partial charge < -0.3 is 10.1 Å². The van der Waals surface area contributed by atoms with E-state index in [2.05, 4.69) is 10.0 Å². The summed E-state index contributed by atoms with van der Waals surface area (Å²) in [7, 11) is -4.06. The SMILES string of the molecule is CCOC(=O)c1c(NC(=O)c2ccccc2NS(=O)(=O)c2ccc(F)cc2)sc(C)c1C. The highest BCUT2D eigenvalue weighted by Gasteiger charge is 2.24. The van der Waals surface area contributed by atoms with E-state index in [1.165, 1.54) is 23.5 Å². The summed E-state index contributed by atoms with van der Waals surface area (Å²) in [4.78, 5) is 26.1. The monoisotopic (exact) mass is 476 g/mol. The Bertz CT molecular complexity index is 1270. The molecule has 0 spiro atoms. The first-order chi connectivity index (χ1) is 15.1. The Labute approximate surface area is 189 Å². The topological polar surface area (TPSA) is 102 Å². The maximum atomic E-state index is 13.1. The van der Waals surface area contributed by atoms with Crippen molar-refractivity contribution in [1.82, 2.24) is 0 Å². The van der Waals surface area contributed by atoms with E-state index in [-0.39, 0.29) is 28.3 Å². The normalized spacial score (nSPS) is 11.1. The summed E-state index contributed by atoms with van der Waals surface area (Å²) < 4.78 is 46.0. The fourth-order valence-electron chi connectivity index (χ4n) is 2.92. The molecule has 0 unspecified atom stereocenters. The van der Waals surface area contributed by atoms with Gasteiger partial charge in [-0.1, -0.05) is 12.1 Å². The molecule has 2 aromatic carbocycles. The summed E-state index contributed by atoms with van der Waals surface area (Å²) in [6, 6.07) is 10.4. The maximum absolute atomic E-state index is 13.1. The van der Waals surface area contributed by atoms with Gasteiger partial charge in [0.25, 0.3) is 15.9 Å². The van der Waals surface area contributed by atoms with E-state index in [0.717, 1.165) is 29.1 Å². The molecule has 0 saturated carbocycles. The highest BCUT2D eigenvalue weighted by molar-refractivity contribution is 7.92. The van der Waals surface area contributed by atoms with E-state index in [0.29, 0.717) is 10.6 Å². The van der Waals surface area contributed by atoms with Gasteiger partial charge in [0.05, 0.1) is 28.3 Å². The second kappa shape index (κ2) is 9.49. The number of sulfonamides is 1. The lowest BCUT2D eigenvalue weighted by Gasteiger charge is -2.13. The van der Waals surface area contributed by atoms with Crippen molar-refractivity contribution < 1.29 is 27.1 Å². The molecule has 0 radical (unpaired) electrons. The van der Waals surface area contributed by atoms with Gasteiger partial charge >= 0.3 is 5.97 Å². The third kappa shape index (κ3) is 4.97. The number of carbonyl (C=O) groups is 2. The molecule has 2 N–H and O–H groups in total. The van der Waals surface area contributed by atoms with E-state index in [1.807, 2.05) is 6.92 Å². The molecule has 3 aromatic rings. The van der Waals surface area contributed by atoms with Crippen molar-refractivity contribution in [1.29, 1.82) is 0 Å². The molecule has 32 heavy (non-hydrogen) atoms. The lowest BCUT2D eigenvalue weighted by atomic mass is 10.1. The molecular weight excluding hydrogens is 455 g/mol. The van der Waals surface area contributed by atoms with Crippen molar-refractivity contribution in [3.05, 3.63) is 75.9 Å². The number of anilines is 2. The van der Waals surface area contributed by atoms with Gasteiger partial charge in [-0.3, -0.25) is 9.52 Å². The fraction of sp³-hybridized carbons (Fsp3) is 0.182. The number of nitrogens with one attached hydrogen (secondary N) is 2. The minimum atomic E-state index is -4.06. The number of aryl methyl sites for hydroxylation is 1. The number of hydrogen-bond acceptors (Lipinski definition) is 6. The van der Waals surface area contributed by atoms with Crippen LogP contribution in [-0.2, 0) is 14.8 Å². The minimum absolute atomic E-state index is 0.0389. The summed E-state index contributed by atoms with van der Waals surface area (Å²) in [5, 5.41) is 3.01. The van der Waals surface area contributed by atoms with Crippen LogP contribution in [0.2, 0.25) is 0 Å². The number of ether oxygens (including phenoxy) is 1. The average Bonchev–Trinajstić information content (AvgIpc) is 3.01. The first-order valence-corrected chi connectivity index (χ1v) is 11.9. The Morgan fingerprint density at radius 1 is 1.06 bits per heavy atom. The quantitative estimate of drug-likeness (QED) is 0.480. The fourth-order valence-corrected chi connectivity index (χ4v) is 5.05. The van der Waals surface area contributed by atoms with Gasteiger partial charge in [0.2, 0.25) is 0 Å².